The Kier molecular flexibility index (Phi) is 8.43. The minimum absolute atomic E-state index is 0.177. The van der Waals surface area contributed by atoms with Crippen LogP contribution in [0.3, 0.4) is 0 Å². The van der Waals surface area contributed by atoms with E-state index in [9.17, 15) is 13.2 Å². The zero-order valence-electron chi connectivity index (χ0n) is 20.8. The molecule has 0 heterocycles. The normalized spacial score (nSPS) is 11.4. The van der Waals surface area contributed by atoms with E-state index >= 15 is 0 Å². The van der Waals surface area contributed by atoms with Gasteiger partial charge in [0.05, 0.1) is 0 Å². The van der Waals surface area contributed by atoms with Crippen molar-refractivity contribution in [1.29, 1.82) is 0 Å². The summed E-state index contributed by atoms with van der Waals surface area (Å²) >= 11 is 0. The molecule has 4 aromatic rings. The lowest BCUT2D eigenvalue weighted by Gasteiger charge is -2.08. The van der Waals surface area contributed by atoms with Crippen LogP contribution in [0, 0.1) is 17.5 Å². The molecule has 0 nitrogen and oxygen atoms in total. The molecule has 4 aromatic carbocycles. The fourth-order valence-electron chi connectivity index (χ4n) is 4.34. The smallest absolute Gasteiger partial charge is 0.167 e. The summed E-state index contributed by atoms with van der Waals surface area (Å²) in [4.78, 5) is 0. The molecule has 0 unspecified atom stereocenters. The highest BCUT2D eigenvalue weighted by Gasteiger charge is 2.13. The van der Waals surface area contributed by atoms with Gasteiger partial charge >= 0.3 is 0 Å². The first kappa shape index (κ1) is 25.5. The topological polar surface area (TPSA) is 0 Å². The lowest BCUT2D eigenvalue weighted by molar-refractivity contribution is 0.509. The Balaban J connectivity index is 1.49. The molecule has 0 aromatic heterocycles. The molecule has 0 saturated carbocycles. The van der Waals surface area contributed by atoms with E-state index in [2.05, 4.69) is 13.8 Å². The Morgan fingerprint density at radius 3 is 1.89 bits per heavy atom. The van der Waals surface area contributed by atoms with Gasteiger partial charge in [-0.2, -0.15) is 0 Å². The van der Waals surface area contributed by atoms with Gasteiger partial charge in [0.25, 0.3) is 0 Å². The van der Waals surface area contributed by atoms with Crippen molar-refractivity contribution >= 4 is 12.2 Å². The van der Waals surface area contributed by atoms with Crippen LogP contribution in [0.5, 0.6) is 0 Å². The Morgan fingerprint density at radius 1 is 0.583 bits per heavy atom. The molecular formula is C33H31F3. The third kappa shape index (κ3) is 5.96. The van der Waals surface area contributed by atoms with Crippen LogP contribution < -0.4 is 0 Å². The van der Waals surface area contributed by atoms with E-state index in [0.717, 1.165) is 48.8 Å². The first-order valence-corrected chi connectivity index (χ1v) is 12.6. The summed E-state index contributed by atoms with van der Waals surface area (Å²) in [6.07, 6.45) is 8.28. The average molecular weight is 485 g/mol. The lowest BCUT2D eigenvalue weighted by Crippen LogP contribution is -1.94. The van der Waals surface area contributed by atoms with E-state index in [0.29, 0.717) is 11.1 Å². The van der Waals surface area contributed by atoms with Crippen molar-refractivity contribution in [2.24, 2.45) is 0 Å². The number of rotatable bonds is 9. The maximum Gasteiger partial charge on any atom is 0.167 e. The van der Waals surface area contributed by atoms with Gasteiger partial charge in [-0.15, -0.1) is 0 Å². The highest BCUT2D eigenvalue weighted by Crippen LogP contribution is 2.29. The van der Waals surface area contributed by atoms with Crippen LogP contribution >= 0.6 is 0 Å². The SMILES string of the molecule is CCCCc1ccc(-c2ccc(C=Cc3ccc(-c4ccc(CCC)cc4)c(F)c3F)cc2)c(F)c1. The summed E-state index contributed by atoms with van der Waals surface area (Å²) in [5.74, 6) is -1.96. The number of hydrogen-bond donors (Lipinski definition) is 0. The fourth-order valence-corrected chi connectivity index (χ4v) is 4.34. The molecular weight excluding hydrogens is 453 g/mol. The van der Waals surface area contributed by atoms with Crippen molar-refractivity contribution in [2.75, 3.05) is 0 Å². The molecule has 36 heavy (non-hydrogen) atoms. The molecule has 0 aliphatic rings. The second-order valence-corrected chi connectivity index (χ2v) is 9.15. The van der Waals surface area contributed by atoms with Crippen molar-refractivity contribution in [1.82, 2.24) is 0 Å². The molecule has 4 rings (SSSR count). The minimum Gasteiger partial charge on any atom is -0.206 e. The highest BCUT2D eigenvalue weighted by molar-refractivity contribution is 5.74. The minimum atomic E-state index is -0.872. The lowest BCUT2D eigenvalue weighted by atomic mass is 9.99. The van der Waals surface area contributed by atoms with Gasteiger partial charge < -0.3 is 0 Å². The average Bonchev–Trinajstić information content (AvgIpc) is 2.90. The molecule has 0 saturated heterocycles. The second kappa shape index (κ2) is 11.9. The van der Waals surface area contributed by atoms with Crippen LogP contribution in [0.15, 0.2) is 78.9 Å². The van der Waals surface area contributed by atoms with Gasteiger partial charge in [-0.05, 0) is 53.1 Å². The number of unbranched alkanes of at least 4 members (excludes halogenated alkanes) is 1. The summed E-state index contributed by atoms with van der Waals surface area (Å²) < 4.78 is 44.3. The van der Waals surface area contributed by atoms with Crippen LogP contribution in [0.4, 0.5) is 13.2 Å². The molecule has 0 N–H and O–H groups in total. The Bertz CT molecular complexity index is 1330. The highest BCUT2D eigenvalue weighted by atomic mass is 19.2. The van der Waals surface area contributed by atoms with Crippen LogP contribution in [0.2, 0.25) is 0 Å². The van der Waals surface area contributed by atoms with Crippen molar-refractivity contribution in [3.8, 4) is 22.3 Å². The summed E-state index contributed by atoms with van der Waals surface area (Å²) in [6, 6.07) is 23.6. The summed E-state index contributed by atoms with van der Waals surface area (Å²) in [5, 5.41) is 0. The van der Waals surface area contributed by atoms with E-state index in [1.807, 2.05) is 60.7 Å². The molecule has 0 spiro atoms. The van der Waals surface area contributed by atoms with Gasteiger partial charge in [0.1, 0.15) is 5.82 Å². The van der Waals surface area contributed by atoms with E-state index in [1.165, 1.54) is 5.56 Å². The summed E-state index contributed by atoms with van der Waals surface area (Å²) in [6.45, 7) is 4.23. The molecule has 0 radical (unpaired) electrons. The fraction of sp³-hybridized carbons (Fsp3) is 0.212. The van der Waals surface area contributed by atoms with Crippen LogP contribution in [-0.2, 0) is 12.8 Å². The van der Waals surface area contributed by atoms with Gasteiger partial charge in [-0.1, -0.05) is 112 Å². The first-order valence-electron chi connectivity index (χ1n) is 12.6. The summed E-state index contributed by atoms with van der Waals surface area (Å²) in [7, 11) is 0. The molecule has 0 bridgehead atoms. The van der Waals surface area contributed by atoms with Gasteiger partial charge in [-0.25, -0.2) is 13.2 Å². The van der Waals surface area contributed by atoms with Crippen LogP contribution in [0.25, 0.3) is 34.4 Å². The van der Waals surface area contributed by atoms with E-state index in [4.69, 9.17) is 0 Å². The third-order valence-electron chi connectivity index (χ3n) is 6.45. The molecule has 0 amide bonds. The van der Waals surface area contributed by atoms with Crippen molar-refractivity contribution in [3.63, 3.8) is 0 Å². The van der Waals surface area contributed by atoms with E-state index < -0.39 is 11.6 Å². The standard InChI is InChI=1S/C33H31F3/c1-3-5-7-25-13-20-29(31(34)22-25)26-14-10-24(11-15-26)12-18-28-19-21-30(33(36)32(28)35)27-16-8-23(6-4-2)9-17-27/h8-22H,3-7H2,1-2H3. The van der Waals surface area contributed by atoms with Gasteiger partial charge in [0, 0.05) is 16.7 Å². The largest absolute Gasteiger partial charge is 0.206 e. The van der Waals surface area contributed by atoms with Gasteiger partial charge in [0.2, 0.25) is 0 Å². The van der Waals surface area contributed by atoms with Crippen molar-refractivity contribution in [3.05, 3.63) is 119 Å². The zero-order valence-corrected chi connectivity index (χ0v) is 20.8. The number of benzene rings is 4. The first-order chi connectivity index (χ1) is 17.5. The molecule has 0 aliphatic carbocycles. The van der Waals surface area contributed by atoms with Crippen molar-refractivity contribution in [2.45, 2.75) is 46.0 Å². The van der Waals surface area contributed by atoms with Crippen LogP contribution in [0.1, 0.15) is 55.4 Å². The maximum absolute atomic E-state index is 14.9. The van der Waals surface area contributed by atoms with Gasteiger partial charge in [-0.3, -0.25) is 0 Å². The molecule has 0 aliphatic heterocycles. The van der Waals surface area contributed by atoms with Crippen molar-refractivity contribution < 1.29 is 13.2 Å². The number of hydrogen-bond acceptors (Lipinski definition) is 0. The maximum atomic E-state index is 14.9. The molecule has 0 fully saturated rings. The predicted octanol–water partition coefficient (Wildman–Crippen LogP) is 9.90. The Hall–Kier alpha value is -3.59. The third-order valence-corrected chi connectivity index (χ3v) is 6.45. The quantitative estimate of drug-likeness (QED) is 0.207. The van der Waals surface area contributed by atoms with Crippen LogP contribution in [-0.4, -0.2) is 0 Å². The number of halogens is 3. The molecule has 3 heteroatoms. The zero-order chi connectivity index (χ0) is 25.5. The Morgan fingerprint density at radius 2 is 1.22 bits per heavy atom. The molecule has 0 atom stereocenters. The summed E-state index contributed by atoms with van der Waals surface area (Å²) in [5.41, 5.74) is 5.41. The number of aryl methyl sites for hydroxylation is 2. The van der Waals surface area contributed by atoms with Gasteiger partial charge in [0.15, 0.2) is 11.6 Å². The monoisotopic (exact) mass is 484 g/mol. The van der Waals surface area contributed by atoms with E-state index in [-0.39, 0.29) is 16.9 Å². The predicted molar refractivity (Wildman–Crippen MR) is 145 cm³/mol. The van der Waals surface area contributed by atoms with E-state index in [1.54, 1.807) is 30.4 Å². The molecule has 184 valence electrons. The second-order valence-electron chi connectivity index (χ2n) is 9.15. The Labute approximate surface area is 212 Å².